The number of rotatable bonds is 6. The number of aromatic nitrogens is 2. The van der Waals surface area contributed by atoms with Crippen LogP contribution in [0.2, 0.25) is 0 Å². The van der Waals surface area contributed by atoms with Crippen molar-refractivity contribution in [2.75, 3.05) is 0 Å². The lowest BCUT2D eigenvalue weighted by Crippen LogP contribution is -2.06. The molecule has 0 saturated heterocycles. The fraction of sp³-hybridized carbons (Fsp3) is 0.0179. The number of allylic oxidation sites excluding steroid dienone is 3. The zero-order valence-corrected chi connectivity index (χ0v) is 33.9. The van der Waals surface area contributed by atoms with Gasteiger partial charge in [0.25, 0.3) is 0 Å². The molecule has 4 aromatic heterocycles. The molecule has 8 aromatic carbocycles. The molecule has 294 valence electrons. The molecule has 0 N–H and O–H groups in total. The number of benzene rings is 8. The third-order valence-corrected chi connectivity index (χ3v) is 12.5. The van der Waals surface area contributed by atoms with Gasteiger partial charge in [0.15, 0.2) is 0 Å². The average molecular weight is 808 g/mol. The number of fused-ring (bicyclic) bond motifs is 14. The summed E-state index contributed by atoms with van der Waals surface area (Å²) in [5.74, 6) is 0. The Labute approximate surface area is 360 Å². The second kappa shape index (κ2) is 13.8. The standard InChI is InChI=1S/C56H33N5O2/c1-3-34(28-29-59-2)51-35(32-58)21-22-38(54(51)61-45-17-9-5-15-42(45)53-48(61)27-24-40-37-13-7-11-19-50(37)63-56(40)53)43-30-33(31-57)20-25-46(43)60-44-16-8-4-14-41(44)52-47(60)26-23-39-36-12-6-10-18-49(36)62-55(39)52/h3-30H,2H2,1H3/b29-28-,34-3+. The first-order valence-corrected chi connectivity index (χ1v) is 20.7. The van der Waals surface area contributed by atoms with Crippen molar-refractivity contribution in [3.05, 3.63) is 187 Å². The van der Waals surface area contributed by atoms with Crippen molar-refractivity contribution in [3.8, 4) is 34.6 Å². The van der Waals surface area contributed by atoms with Gasteiger partial charge in [-0.3, -0.25) is 4.99 Å². The topological polar surface area (TPSA) is 96.1 Å². The van der Waals surface area contributed by atoms with Crippen LogP contribution in [0.1, 0.15) is 23.6 Å². The van der Waals surface area contributed by atoms with Crippen molar-refractivity contribution in [2.45, 2.75) is 6.92 Å². The van der Waals surface area contributed by atoms with Gasteiger partial charge in [-0.25, -0.2) is 0 Å². The van der Waals surface area contributed by atoms with Crippen LogP contribution in [0.15, 0.2) is 184 Å². The lowest BCUT2D eigenvalue weighted by molar-refractivity contribution is 0.672. The van der Waals surface area contributed by atoms with Gasteiger partial charge in [-0.1, -0.05) is 84.9 Å². The second-order valence-electron chi connectivity index (χ2n) is 15.7. The number of nitrogens with zero attached hydrogens (tertiary/aromatic N) is 5. The Bertz CT molecular complexity index is 4100. The van der Waals surface area contributed by atoms with Gasteiger partial charge in [0.1, 0.15) is 22.3 Å². The van der Waals surface area contributed by atoms with E-state index in [9.17, 15) is 10.5 Å². The van der Waals surface area contributed by atoms with E-state index in [0.717, 1.165) is 116 Å². The molecule has 4 heterocycles. The number of hydrogen-bond donors (Lipinski definition) is 0. The molecule has 0 fully saturated rings. The normalized spacial score (nSPS) is 12.3. The number of nitriles is 2. The highest BCUT2D eigenvalue weighted by Gasteiger charge is 2.27. The summed E-state index contributed by atoms with van der Waals surface area (Å²) in [4.78, 5) is 4.08. The van der Waals surface area contributed by atoms with Crippen molar-refractivity contribution in [2.24, 2.45) is 4.99 Å². The fourth-order valence-corrected chi connectivity index (χ4v) is 9.87. The van der Waals surface area contributed by atoms with Crippen molar-refractivity contribution in [1.29, 1.82) is 10.5 Å². The van der Waals surface area contributed by atoms with E-state index >= 15 is 0 Å². The SMILES string of the molecule is C=N/C=C\C(=C/C)c1c(C#N)ccc(-c2cc(C#N)ccc2-n2c3ccccc3c3c4oc5ccccc5c4ccc32)c1-n1c2ccccc2c2c3oc4ccccc4c3ccc21. The molecular weight excluding hydrogens is 775 g/mol. The van der Waals surface area contributed by atoms with Crippen LogP contribution in [0.5, 0.6) is 0 Å². The predicted octanol–water partition coefficient (Wildman–Crippen LogP) is 14.7. The molecule has 7 nitrogen and oxygen atoms in total. The summed E-state index contributed by atoms with van der Waals surface area (Å²) in [6, 6.07) is 56.3. The van der Waals surface area contributed by atoms with Crippen LogP contribution in [0, 0.1) is 22.7 Å². The van der Waals surface area contributed by atoms with Crippen LogP contribution in [-0.4, -0.2) is 15.9 Å². The molecule has 12 aromatic rings. The maximum absolute atomic E-state index is 11.0. The third kappa shape index (κ3) is 5.08. The minimum Gasteiger partial charge on any atom is -0.455 e. The first-order valence-electron chi connectivity index (χ1n) is 20.7. The summed E-state index contributed by atoms with van der Waals surface area (Å²) in [6.45, 7) is 5.69. The van der Waals surface area contributed by atoms with Crippen LogP contribution in [0.4, 0.5) is 0 Å². The van der Waals surface area contributed by atoms with E-state index in [0.29, 0.717) is 16.7 Å². The van der Waals surface area contributed by atoms with E-state index in [-0.39, 0.29) is 0 Å². The predicted molar refractivity (Wildman–Crippen MR) is 257 cm³/mol. The van der Waals surface area contributed by atoms with Gasteiger partial charge < -0.3 is 18.0 Å². The van der Waals surface area contributed by atoms with E-state index < -0.39 is 0 Å². The van der Waals surface area contributed by atoms with Crippen LogP contribution in [0.3, 0.4) is 0 Å². The maximum Gasteiger partial charge on any atom is 0.145 e. The summed E-state index contributed by atoms with van der Waals surface area (Å²) in [5, 5.41) is 29.7. The Morgan fingerprint density at radius 1 is 0.571 bits per heavy atom. The van der Waals surface area contributed by atoms with Crippen LogP contribution in [0.25, 0.3) is 116 Å². The number of para-hydroxylation sites is 4. The highest BCUT2D eigenvalue weighted by Crippen LogP contribution is 2.47. The number of furan rings is 2. The number of aliphatic imine (C=N–C) groups is 1. The van der Waals surface area contributed by atoms with Crippen molar-refractivity contribution in [3.63, 3.8) is 0 Å². The molecule has 0 aliphatic rings. The van der Waals surface area contributed by atoms with Crippen molar-refractivity contribution >= 4 is 99.8 Å². The molecule has 7 heteroatoms. The minimum absolute atomic E-state index is 0.480. The summed E-state index contributed by atoms with van der Waals surface area (Å²) in [7, 11) is 0. The monoisotopic (exact) mass is 807 g/mol. The second-order valence-corrected chi connectivity index (χ2v) is 15.7. The van der Waals surface area contributed by atoms with E-state index in [1.54, 1.807) is 6.20 Å². The molecule has 0 bridgehead atoms. The molecule has 0 saturated carbocycles. The fourth-order valence-electron chi connectivity index (χ4n) is 9.87. The lowest BCUT2D eigenvalue weighted by Gasteiger charge is -2.23. The van der Waals surface area contributed by atoms with E-state index in [2.05, 4.69) is 106 Å². The minimum atomic E-state index is 0.480. The maximum atomic E-state index is 11.0. The van der Waals surface area contributed by atoms with Gasteiger partial charge in [-0.05, 0) is 98.1 Å². The highest BCUT2D eigenvalue weighted by atomic mass is 16.3. The van der Waals surface area contributed by atoms with Gasteiger partial charge in [0.2, 0.25) is 0 Å². The quantitative estimate of drug-likeness (QED) is 0.123. The van der Waals surface area contributed by atoms with Gasteiger partial charge in [0.05, 0.1) is 67.5 Å². The molecule has 0 aliphatic heterocycles. The van der Waals surface area contributed by atoms with Crippen molar-refractivity contribution in [1.82, 2.24) is 9.13 Å². The molecule has 0 atom stereocenters. The molecule has 0 radical (unpaired) electrons. The molecule has 0 unspecified atom stereocenters. The molecule has 63 heavy (non-hydrogen) atoms. The molecular formula is C56H33N5O2. The Morgan fingerprint density at radius 2 is 1.14 bits per heavy atom. The summed E-state index contributed by atoms with van der Waals surface area (Å²) in [6.07, 6.45) is 5.53. The Balaban J connectivity index is 1.26. The van der Waals surface area contributed by atoms with E-state index in [1.165, 1.54) is 0 Å². The first kappa shape index (κ1) is 36.0. The third-order valence-electron chi connectivity index (χ3n) is 12.5. The van der Waals surface area contributed by atoms with Crippen LogP contribution in [-0.2, 0) is 0 Å². The smallest absolute Gasteiger partial charge is 0.145 e. The Morgan fingerprint density at radius 3 is 1.73 bits per heavy atom. The average Bonchev–Trinajstić information content (AvgIpc) is 4.09. The Kier molecular flexibility index (Phi) is 7.89. The summed E-state index contributed by atoms with van der Waals surface area (Å²) in [5.41, 5.74) is 12.8. The van der Waals surface area contributed by atoms with E-state index in [1.807, 2.05) is 97.9 Å². The first-order chi connectivity index (χ1) is 31.1. The van der Waals surface area contributed by atoms with Gasteiger partial charge in [0, 0.05) is 55.2 Å². The molecule has 0 aliphatic carbocycles. The molecule has 0 amide bonds. The largest absolute Gasteiger partial charge is 0.455 e. The lowest BCUT2D eigenvalue weighted by atomic mass is 9.90. The molecule has 0 spiro atoms. The van der Waals surface area contributed by atoms with Crippen LogP contribution < -0.4 is 0 Å². The zero-order valence-electron chi connectivity index (χ0n) is 33.9. The summed E-state index contributed by atoms with van der Waals surface area (Å²) >= 11 is 0. The van der Waals surface area contributed by atoms with Gasteiger partial charge in [-0.2, -0.15) is 10.5 Å². The Hall–Kier alpha value is -8.91. The van der Waals surface area contributed by atoms with Gasteiger partial charge in [-0.15, -0.1) is 0 Å². The molecule has 12 rings (SSSR count). The zero-order chi connectivity index (χ0) is 42.3. The van der Waals surface area contributed by atoms with E-state index in [4.69, 9.17) is 8.83 Å². The van der Waals surface area contributed by atoms with Crippen molar-refractivity contribution < 1.29 is 8.83 Å². The van der Waals surface area contributed by atoms with Gasteiger partial charge >= 0.3 is 0 Å². The number of hydrogen-bond acceptors (Lipinski definition) is 5. The van der Waals surface area contributed by atoms with Crippen LogP contribution >= 0.6 is 0 Å². The summed E-state index contributed by atoms with van der Waals surface area (Å²) < 4.78 is 17.9. The highest BCUT2D eigenvalue weighted by molar-refractivity contribution is 6.25.